The van der Waals surface area contributed by atoms with E-state index in [4.69, 9.17) is 0 Å². The van der Waals surface area contributed by atoms with Crippen LogP contribution in [0.4, 0.5) is 0 Å². The molecule has 2 aromatic carbocycles. The van der Waals surface area contributed by atoms with Crippen molar-refractivity contribution < 1.29 is 0 Å². The van der Waals surface area contributed by atoms with Crippen molar-refractivity contribution in [3.8, 4) is 11.1 Å². The molecular weight excluding hydrogens is 300 g/mol. The highest BCUT2D eigenvalue weighted by molar-refractivity contribution is 5.62. The topological polar surface area (TPSA) is 0 Å². The van der Waals surface area contributed by atoms with Gasteiger partial charge in [-0.2, -0.15) is 0 Å². The summed E-state index contributed by atoms with van der Waals surface area (Å²) in [6, 6.07) is 20.8. The summed E-state index contributed by atoms with van der Waals surface area (Å²) in [4.78, 5) is 0. The van der Waals surface area contributed by atoms with Crippen LogP contribution in [0.25, 0.3) is 11.1 Å². The Hall–Kier alpha value is -1.56. The van der Waals surface area contributed by atoms with E-state index in [-0.39, 0.29) is 14.9 Å². The Morgan fingerprint density at radius 1 is 0.600 bits per heavy atom. The minimum Gasteiger partial charge on any atom is -0.0776 e. The van der Waals surface area contributed by atoms with Gasteiger partial charge in [0.2, 0.25) is 0 Å². The molecule has 0 aliphatic rings. The molecule has 0 aliphatic carbocycles. The SMILES string of the molecule is C.C.CC.CC(C)C.CCC(C)C.c1ccc(-c2ccccc2)cc1. The second kappa shape index (κ2) is 22.4. The van der Waals surface area contributed by atoms with E-state index >= 15 is 0 Å². The quantitative estimate of drug-likeness (QED) is 0.508. The Balaban J connectivity index is -0.000000146. The van der Waals surface area contributed by atoms with Gasteiger partial charge in [0.1, 0.15) is 0 Å². The van der Waals surface area contributed by atoms with Crippen molar-refractivity contribution in [2.45, 2.75) is 76.7 Å². The molecule has 0 unspecified atom stereocenters. The van der Waals surface area contributed by atoms with E-state index in [0.29, 0.717) is 0 Å². The first kappa shape index (κ1) is 31.2. The lowest BCUT2D eigenvalue weighted by atomic mass is 10.1. The van der Waals surface area contributed by atoms with Crippen molar-refractivity contribution in [3.05, 3.63) is 60.7 Å². The maximum atomic E-state index is 2.22. The maximum absolute atomic E-state index is 2.22. The van der Waals surface area contributed by atoms with E-state index in [9.17, 15) is 0 Å². The van der Waals surface area contributed by atoms with Crippen LogP contribution in [0.1, 0.15) is 76.7 Å². The van der Waals surface area contributed by atoms with Crippen LogP contribution < -0.4 is 0 Å². The average Bonchev–Trinajstić information content (AvgIpc) is 2.58. The molecule has 0 heterocycles. The number of hydrogen-bond acceptors (Lipinski definition) is 0. The van der Waals surface area contributed by atoms with Gasteiger partial charge >= 0.3 is 0 Å². The minimum absolute atomic E-state index is 0. The number of hydrogen-bond donors (Lipinski definition) is 0. The lowest BCUT2D eigenvalue weighted by Gasteiger charge is -1.98. The molecule has 0 aromatic heterocycles. The second-order valence-corrected chi connectivity index (χ2v) is 6.27. The van der Waals surface area contributed by atoms with Crippen LogP contribution in [-0.4, -0.2) is 0 Å². The Labute approximate surface area is 160 Å². The summed E-state index contributed by atoms with van der Waals surface area (Å²) in [6.07, 6.45) is 1.31. The first-order chi connectivity index (χ1) is 11.0. The van der Waals surface area contributed by atoms with Gasteiger partial charge in [0.05, 0.1) is 0 Å². The van der Waals surface area contributed by atoms with Crippen molar-refractivity contribution in [1.82, 2.24) is 0 Å². The molecule has 0 atom stereocenters. The van der Waals surface area contributed by atoms with E-state index in [1.54, 1.807) is 0 Å². The van der Waals surface area contributed by atoms with Gasteiger partial charge in [-0.3, -0.25) is 0 Å². The summed E-state index contributed by atoms with van der Waals surface area (Å²) < 4.78 is 0. The zero-order chi connectivity index (χ0) is 18.1. The Morgan fingerprint density at radius 2 is 0.800 bits per heavy atom. The monoisotopic (exact) mass is 346 g/mol. The fourth-order valence-electron chi connectivity index (χ4n) is 1.26. The zero-order valence-corrected chi connectivity index (χ0v) is 16.6. The van der Waals surface area contributed by atoms with Crippen LogP contribution in [0.3, 0.4) is 0 Å². The minimum atomic E-state index is 0. The van der Waals surface area contributed by atoms with E-state index in [1.165, 1.54) is 17.5 Å². The summed E-state index contributed by atoms with van der Waals surface area (Å²) in [5, 5.41) is 0. The van der Waals surface area contributed by atoms with Crippen molar-refractivity contribution >= 4 is 0 Å². The summed E-state index contributed by atoms with van der Waals surface area (Å²) in [7, 11) is 0. The predicted octanol–water partition coefficient (Wildman–Crippen LogP) is 9.37. The summed E-state index contributed by atoms with van der Waals surface area (Å²) >= 11 is 0. The van der Waals surface area contributed by atoms with Gasteiger partial charge in [0.25, 0.3) is 0 Å². The molecule has 146 valence electrons. The molecule has 0 saturated carbocycles. The molecule has 25 heavy (non-hydrogen) atoms. The van der Waals surface area contributed by atoms with Gasteiger partial charge in [-0.05, 0) is 23.0 Å². The maximum Gasteiger partial charge on any atom is -0.0184 e. The summed E-state index contributed by atoms with van der Waals surface area (Å²) in [5.74, 6) is 1.72. The van der Waals surface area contributed by atoms with E-state index < -0.39 is 0 Å². The first-order valence-corrected chi connectivity index (χ1v) is 9.07. The third kappa shape index (κ3) is 22.4. The van der Waals surface area contributed by atoms with Crippen molar-refractivity contribution in [3.63, 3.8) is 0 Å². The van der Waals surface area contributed by atoms with Gasteiger partial charge in [-0.25, -0.2) is 0 Å². The van der Waals surface area contributed by atoms with Crippen molar-refractivity contribution in [2.24, 2.45) is 11.8 Å². The van der Waals surface area contributed by atoms with Gasteiger partial charge in [-0.1, -0.05) is 137 Å². The predicted molar refractivity (Wildman–Crippen MR) is 122 cm³/mol. The van der Waals surface area contributed by atoms with Crippen LogP contribution in [0.15, 0.2) is 60.7 Å². The van der Waals surface area contributed by atoms with Crippen LogP contribution in [0.5, 0.6) is 0 Å². The smallest absolute Gasteiger partial charge is 0.0184 e. The van der Waals surface area contributed by atoms with Crippen LogP contribution >= 0.6 is 0 Å². The first-order valence-electron chi connectivity index (χ1n) is 9.07. The highest BCUT2D eigenvalue weighted by atomic mass is 14.0. The summed E-state index contributed by atoms with van der Waals surface area (Å²) in [5.41, 5.74) is 2.55. The third-order valence-electron chi connectivity index (χ3n) is 2.70. The van der Waals surface area contributed by atoms with Crippen LogP contribution in [-0.2, 0) is 0 Å². The van der Waals surface area contributed by atoms with Crippen LogP contribution in [0, 0.1) is 11.8 Å². The molecule has 0 N–H and O–H groups in total. The fraction of sp³-hybridized carbons (Fsp3) is 0.520. The second-order valence-electron chi connectivity index (χ2n) is 6.27. The standard InChI is InChI=1S/C12H10.C5H12.C4H10.C2H6.2CH4/c1-3-7-11(8-4-1)12-9-5-2-6-10-12;1-4-5(2)3;1-4(2)3;1-2;;/h1-10H;5H,4H2,1-3H3;4H,1-3H3;1-2H3;2*1H4. The largest absolute Gasteiger partial charge is 0.0776 e. The molecule has 0 saturated heterocycles. The zero-order valence-electron chi connectivity index (χ0n) is 16.6. The molecule has 0 fully saturated rings. The highest BCUT2D eigenvalue weighted by Crippen LogP contribution is 2.17. The molecule has 2 aromatic rings. The molecule has 0 amide bonds. The molecule has 0 radical (unpaired) electrons. The summed E-state index contributed by atoms with van der Waals surface area (Å²) in [6.45, 7) is 17.1. The average molecular weight is 347 g/mol. The molecule has 0 nitrogen and oxygen atoms in total. The van der Waals surface area contributed by atoms with Gasteiger partial charge in [0.15, 0.2) is 0 Å². The van der Waals surface area contributed by atoms with E-state index in [0.717, 1.165) is 11.8 Å². The normalized spacial score (nSPS) is 8.24. The van der Waals surface area contributed by atoms with Crippen molar-refractivity contribution in [1.29, 1.82) is 0 Å². The van der Waals surface area contributed by atoms with E-state index in [1.807, 2.05) is 26.0 Å². The number of benzene rings is 2. The van der Waals surface area contributed by atoms with Crippen LogP contribution in [0.2, 0.25) is 0 Å². The molecule has 0 aliphatic heterocycles. The molecular formula is C25H46. The third-order valence-corrected chi connectivity index (χ3v) is 2.70. The Morgan fingerprint density at radius 3 is 0.960 bits per heavy atom. The van der Waals surface area contributed by atoms with Gasteiger partial charge < -0.3 is 0 Å². The van der Waals surface area contributed by atoms with E-state index in [2.05, 4.69) is 90.1 Å². The lowest BCUT2D eigenvalue weighted by Crippen LogP contribution is -1.77. The Kier molecular flexibility index (Phi) is 28.0. The Bertz CT molecular complexity index is 386. The number of rotatable bonds is 2. The van der Waals surface area contributed by atoms with Gasteiger partial charge in [-0.15, -0.1) is 0 Å². The van der Waals surface area contributed by atoms with Crippen molar-refractivity contribution in [2.75, 3.05) is 0 Å². The molecule has 0 spiro atoms. The lowest BCUT2D eigenvalue weighted by molar-refractivity contribution is 0.626. The van der Waals surface area contributed by atoms with Gasteiger partial charge in [0, 0.05) is 0 Å². The molecule has 0 bridgehead atoms. The fourth-order valence-corrected chi connectivity index (χ4v) is 1.26. The highest BCUT2D eigenvalue weighted by Gasteiger charge is 1.91. The molecule has 0 heteroatoms. The molecule has 2 rings (SSSR count).